The third-order valence-electron chi connectivity index (χ3n) is 9.52. The minimum atomic E-state index is -0.194. The van der Waals surface area contributed by atoms with Crippen molar-refractivity contribution in [3.05, 3.63) is 126 Å². The van der Waals surface area contributed by atoms with Crippen molar-refractivity contribution in [3.63, 3.8) is 0 Å². The molecule has 0 bridgehead atoms. The summed E-state index contributed by atoms with van der Waals surface area (Å²) in [5.41, 5.74) is 13.2. The smallest absolute Gasteiger partial charge is 0.141 e. The summed E-state index contributed by atoms with van der Waals surface area (Å²) in [6.45, 7) is 22.3. The standard InChI is InChI=1S/C46H49N2O.Pt/c1-28(2)36-17-14-18-37(29(3)4)43(36)34-22-32(40-24-31(19-20-47-40)30-15-12-11-13-16-30)21-33(23-34)41-27-39(46(8,9)10)38-25-35(45(5,6)7)26-42(49)44(38)48-41;/h11-20,22-29,49H,1-10H3;/q-1;. The molecule has 260 valence electrons. The van der Waals surface area contributed by atoms with E-state index in [9.17, 15) is 5.11 Å². The number of fused-ring (bicyclic) bond motifs is 1. The van der Waals surface area contributed by atoms with E-state index in [0.29, 0.717) is 17.4 Å². The SMILES string of the molecule is CC(C)c1cccc(C(C)C)c1-c1cc(-c2cc(-c3ccccc3)ccn2)[c-]c(-c2cc(C(C)(C)C)c3cc(C(C)(C)C)cc(O)c3n2)c1.[Pt]. The largest absolute Gasteiger partial charge is 0.506 e. The zero-order valence-electron chi connectivity index (χ0n) is 31.1. The molecule has 2 heterocycles. The minimum absolute atomic E-state index is 0. The molecule has 6 aromatic rings. The molecular formula is C46H49N2OPt-. The molecule has 0 unspecified atom stereocenters. The van der Waals surface area contributed by atoms with E-state index in [-0.39, 0.29) is 37.6 Å². The molecule has 4 heteroatoms. The van der Waals surface area contributed by atoms with Crippen LogP contribution in [0.15, 0.2) is 97.2 Å². The molecule has 0 radical (unpaired) electrons. The van der Waals surface area contributed by atoms with Crippen molar-refractivity contribution in [1.29, 1.82) is 0 Å². The second-order valence-electron chi connectivity index (χ2n) is 16.1. The molecule has 0 aliphatic carbocycles. The third-order valence-corrected chi connectivity index (χ3v) is 9.52. The Balaban J connectivity index is 0.00000486. The molecule has 0 saturated heterocycles. The van der Waals surface area contributed by atoms with Gasteiger partial charge >= 0.3 is 0 Å². The first kappa shape index (κ1) is 37.2. The van der Waals surface area contributed by atoms with Gasteiger partial charge in [0, 0.05) is 44.0 Å². The third kappa shape index (κ3) is 7.49. The van der Waals surface area contributed by atoms with E-state index in [1.165, 1.54) is 16.7 Å². The molecular weight excluding hydrogens is 792 g/mol. The number of phenols is 1. The van der Waals surface area contributed by atoms with Crippen LogP contribution in [-0.2, 0) is 31.9 Å². The Hall–Kier alpha value is -4.07. The molecule has 0 saturated carbocycles. The summed E-state index contributed by atoms with van der Waals surface area (Å²) in [6.07, 6.45) is 1.89. The maximum atomic E-state index is 11.5. The van der Waals surface area contributed by atoms with Gasteiger partial charge < -0.3 is 5.11 Å². The molecule has 0 atom stereocenters. The minimum Gasteiger partial charge on any atom is -0.506 e. The van der Waals surface area contributed by atoms with Gasteiger partial charge in [0.05, 0.1) is 0 Å². The number of nitrogens with zero attached hydrogens (tertiary/aromatic N) is 2. The summed E-state index contributed by atoms with van der Waals surface area (Å²) in [7, 11) is 0. The zero-order chi connectivity index (χ0) is 35.2. The Labute approximate surface area is 313 Å². The number of pyridine rings is 2. The van der Waals surface area contributed by atoms with E-state index >= 15 is 0 Å². The number of rotatable bonds is 6. The molecule has 2 aromatic heterocycles. The van der Waals surface area contributed by atoms with Crippen LogP contribution in [0.1, 0.15) is 103 Å². The van der Waals surface area contributed by atoms with Gasteiger partial charge in [-0.1, -0.05) is 147 Å². The van der Waals surface area contributed by atoms with E-state index in [1.54, 1.807) is 0 Å². The van der Waals surface area contributed by atoms with Gasteiger partial charge in [-0.15, -0.1) is 18.2 Å². The molecule has 1 N–H and O–H groups in total. The second-order valence-corrected chi connectivity index (χ2v) is 16.1. The summed E-state index contributed by atoms with van der Waals surface area (Å²) in [6, 6.07) is 35.9. The Morgan fingerprint density at radius 1 is 0.620 bits per heavy atom. The fourth-order valence-corrected chi connectivity index (χ4v) is 6.76. The Morgan fingerprint density at radius 3 is 1.82 bits per heavy atom. The van der Waals surface area contributed by atoms with Crippen molar-refractivity contribution in [1.82, 2.24) is 9.97 Å². The molecule has 0 aliphatic rings. The van der Waals surface area contributed by atoms with Crippen LogP contribution in [0, 0.1) is 6.07 Å². The first-order valence-electron chi connectivity index (χ1n) is 17.5. The average molecular weight is 841 g/mol. The summed E-state index contributed by atoms with van der Waals surface area (Å²) >= 11 is 0. The van der Waals surface area contributed by atoms with E-state index in [0.717, 1.165) is 55.7 Å². The molecule has 0 spiro atoms. The van der Waals surface area contributed by atoms with Gasteiger partial charge in [0.15, 0.2) is 0 Å². The number of hydrogen-bond donors (Lipinski definition) is 1. The van der Waals surface area contributed by atoms with E-state index in [1.807, 2.05) is 18.3 Å². The van der Waals surface area contributed by atoms with Crippen LogP contribution in [0.25, 0.3) is 55.7 Å². The molecule has 0 aliphatic heterocycles. The van der Waals surface area contributed by atoms with Crippen molar-refractivity contribution in [2.75, 3.05) is 0 Å². The van der Waals surface area contributed by atoms with Gasteiger partial charge in [-0.05, 0) is 79.8 Å². The number of benzene rings is 4. The van der Waals surface area contributed by atoms with Gasteiger partial charge in [0.25, 0.3) is 0 Å². The van der Waals surface area contributed by atoms with Crippen LogP contribution in [0.5, 0.6) is 5.75 Å². The van der Waals surface area contributed by atoms with Crippen molar-refractivity contribution < 1.29 is 26.2 Å². The van der Waals surface area contributed by atoms with Crippen molar-refractivity contribution in [3.8, 4) is 50.5 Å². The van der Waals surface area contributed by atoms with Gasteiger partial charge in [0.1, 0.15) is 11.3 Å². The normalized spacial score (nSPS) is 12.1. The topological polar surface area (TPSA) is 46.0 Å². The zero-order valence-corrected chi connectivity index (χ0v) is 33.3. The molecule has 0 fully saturated rings. The second kappa shape index (κ2) is 14.3. The number of phenolic OH excluding ortho intramolecular Hbond substituents is 1. The molecule has 0 amide bonds. The molecule has 6 rings (SSSR count). The first-order chi connectivity index (χ1) is 23.1. The van der Waals surface area contributed by atoms with Crippen LogP contribution in [0.3, 0.4) is 0 Å². The summed E-state index contributed by atoms with van der Waals surface area (Å²) in [5, 5.41) is 12.5. The molecule has 3 nitrogen and oxygen atoms in total. The summed E-state index contributed by atoms with van der Waals surface area (Å²) in [4.78, 5) is 10.1. The maximum Gasteiger partial charge on any atom is 0.141 e. The summed E-state index contributed by atoms with van der Waals surface area (Å²) < 4.78 is 0. The Morgan fingerprint density at radius 2 is 1.24 bits per heavy atom. The Bertz CT molecular complexity index is 2120. The Kier molecular flexibility index (Phi) is 10.6. The van der Waals surface area contributed by atoms with Gasteiger partial charge in [0.2, 0.25) is 0 Å². The fraction of sp³-hybridized carbons (Fsp3) is 0.304. The van der Waals surface area contributed by atoms with Crippen molar-refractivity contribution >= 4 is 10.9 Å². The fourth-order valence-electron chi connectivity index (χ4n) is 6.76. The maximum absolute atomic E-state index is 11.5. The van der Waals surface area contributed by atoms with Crippen LogP contribution in [-0.4, -0.2) is 15.1 Å². The van der Waals surface area contributed by atoms with Crippen LogP contribution in [0.4, 0.5) is 0 Å². The molecule has 50 heavy (non-hydrogen) atoms. The van der Waals surface area contributed by atoms with Gasteiger partial charge in [-0.2, -0.15) is 0 Å². The number of aromatic nitrogens is 2. The predicted octanol–water partition coefficient (Wildman–Crippen LogP) is 12.6. The van der Waals surface area contributed by atoms with Crippen LogP contribution < -0.4 is 0 Å². The predicted molar refractivity (Wildman–Crippen MR) is 207 cm³/mol. The van der Waals surface area contributed by atoms with Crippen molar-refractivity contribution in [2.45, 2.75) is 91.9 Å². The average Bonchev–Trinajstić information content (AvgIpc) is 3.06. The first-order valence-corrected chi connectivity index (χ1v) is 17.5. The van der Waals surface area contributed by atoms with Crippen LogP contribution >= 0.6 is 0 Å². The van der Waals surface area contributed by atoms with E-state index < -0.39 is 0 Å². The monoisotopic (exact) mass is 840 g/mol. The van der Waals surface area contributed by atoms with Gasteiger partial charge in [-0.3, -0.25) is 9.97 Å². The quantitative estimate of drug-likeness (QED) is 0.170. The van der Waals surface area contributed by atoms with Crippen LogP contribution in [0.2, 0.25) is 0 Å². The van der Waals surface area contributed by atoms with Gasteiger partial charge in [-0.25, -0.2) is 0 Å². The van der Waals surface area contributed by atoms with E-state index in [4.69, 9.17) is 9.97 Å². The van der Waals surface area contributed by atoms with E-state index in [2.05, 4.69) is 154 Å². The van der Waals surface area contributed by atoms with Crippen molar-refractivity contribution in [2.24, 2.45) is 0 Å². The number of aromatic hydroxyl groups is 1. The summed E-state index contributed by atoms with van der Waals surface area (Å²) in [5.74, 6) is 0.879. The number of hydrogen-bond acceptors (Lipinski definition) is 3. The molecule has 4 aromatic carbocycles.